The molecule has 0 spiro atoms. The first kappa shape index (κ1) is 13.8. The zero-order valence-corrected chi connectivity index (χ0v) is 9.65. The van der Waals surface area contributed by atoms with E-state index in [2.05, 4.69) is 5.32 Å². The van der Waals surface area contributed by atoms with Crippen molar-refractivity contribution < 1.29 is 17.9 Å². The van der Waals surface area contributed by atoms with E-state index < -0.39 is 12.1 Å². The van der Waals surface area contributed by atoms with Crippen LogP contribution in [0, 0.1) is 11.8 Å². The standard InChI is InChI=1S/C11H20F3NO/c1-16-7-6-15-8-9-4-2-3-5-10(9)11(12,13)14/h9-10,15H,2-8H2,1H3. The lowest BCUT2D eigenvalue weighted by atomic mass is 9.79. The van der Waals surface area contributed by atoms with Gasteiger partial charge in [-0.25, -0.2) is 0 Å². The zero-order chi connectivity index (χ0) is 12.0. The number of nitrogens with one attached hydrogen (secondary N) is 1. The highest BCUT2D eigenvalue weighted by Gasteiger charge is 2.44. The molecule has 1 fully saturated rings. The van der Waals surface area contributed by atoms with Crippen LogP contribution in [0.2, 0.25) is 0 Å². The first-order chi connectivity index (χ1) is 7.55. The molecule has 0 aliphatic heterocycles. The number of hydrogen-bond donors (Lipinski definition) is 1. The largest absolute Gasteiger partial charge is 0.392 e. The minimum Gasteiger partial charge on any atom is -0.383 e. The fraction of sp³-hybridized carbons (Fsp3) is 1.00. The molecule has 5 heteroatoms. The van der Waals surface area contributed by atoms with Crippen LogP contribution in [0.5, 0.6) is 0 Å². The molecule has 0 aromatic carbocycles. The van der Waals surface area contributed by atoms with Crippen molar-refractivity contribution in [3.63, 3.8) is 0 Å². The van der Waals surface area contributed by atoms with Crippen LogP contribution in [0.25, 0.3) is 0 Å². The van der Waals surface area contributed by atoms with Crippen LogP contribution in [0.4, 0.5) is 13.2 Å². The lowest BCUT2D eigenvalue weighted by Gasteiger charge is -2.33. The van der Waals surface area contributed by atoms with Gasteiger partial charge in [0.2, 0.25) is 0 Å². The maximum Gasteiger partial charge on any atom is 0.392 e. The number of ether oxygens (including phenoxy) is 1. The van der Waals surface area contributed by atoms with E-state index in [9.17, 15) is 13.2 Å². The Balaban J connectivity index is 2.35. The molecule has 1 aliphatic carbocycles. The Morgan fingerprint density at radius 3 is 2.56 bits per heavy atom. The first-order valence-electron chi connectivity index (χ1n) is 5.82. The van der Waals surface area contributed by atoms with Gasteiger partial charge in [0.25, 0.3) is 0 Å². The van der Waals surface area contributed by atoms with E-state index in [-0.39, 0.29) is 5.92 Å². The molecule has 0 heterocycles. The molecule has 2 atom stereocenters. The highest BCUT2D eigenvalue weighted by atomic mass is 19.4. The molecule has 16 heavy (non-hydrogen) atoms. The molecule has 0 radical (unpaired) electrons. The van der Waals surface area contributed by atoms with Gasteiger partial charge in [-0.15, -0.1) is 0 Å². The molecule has 1 rings (SSSR count). The topological polar surface area (TPSA) is 21.3 Å². The summed E-state index contributed by atoms with van der Waals surface area (Å²) in [5.74, 6) is -1.37. The Morgan fingerprint density at radius 2 is 1.94 bits per heavy atom. The van der Waals surface area contributed by atoms with Crippen LogP contribution in [0.1, 0.15) is 25.7 Å². The summed E-state index contributed by atoms with van der Waals surface area (Å²) in [6.45, 7) is 1.62. The van der Waals surface area contributed by atoms with Crippen LogP contribution in [-0.4, -0.2) is 33.0 Å². The van der Waals surface area contributed by atoms with Gasteiger partial charge in [-0.1, -0.05) is 12.8 Å². The highest BCUT2D eigenvalue weighted by Crippen LogP contribution is 2.41. The smallest absolute Gasteiger partial charge is 0.383 e. The van der Waals surface area contributed by atoms with Crippen molar-refractivity contribution in [3.05, 3.63) is 0 Å². The summed E-state index contributed by atoms with van der Waals surface area (Å²) in [6.07, 6.45) is -1.43. The Labute approximate surface area is 94.5 Å². The van der Waals surface area contributed by atoms with Crippen LogP contribution in [0.3, 0.4) is 0 Å². The second kappa shape index (κ2) is 6.45. The van der Waals surface area contributed by atoms with Crippen LogP contribution in [0.15, 0.2) is 0 Å². The molecule has 0 bridgehead atoms. The number of rotatable bonds is 5. The molecule has 1 aliphatic rings. The minimum atomic E-state index is -4.03. The lowest BCUT2D eigenvalue weighted by molar-refractivity contribution is -0.195. The Morgan fingerprint density at radius 1 is 1.25 bits per heavy atom. The second-order valence-corrected chi connectivity index (χ2v) is 4.39. The van der Waals surface area contributed by atoms with Crippen molar-refractivity contribution in [1.82, 2.24) is 5.32 Å². The maximum absolute atomic E-state index is 12.7. The molecule has 0 aromatic heterocycles. The van der Waals surface area contributed by atoms with Crippen LogP contribution in [-0.2, 0) is 4.74 Å². The minimum absolute atomic E-state index is 0.259. The third-order valence-electron chi connectivity index (χ3n) is 3.22. The van der Waals surface area contributed by atoms with Crippen molar-refractivity contribution in [2.24, 2.45) is 11.8 Å². The molecule has 1 saturated carbocycles. The van der Waals surface area contributed by atoms with Crippen LogP contribution >= 0.6 is 0 Å². The van der Waals surface area contributed by atoms with Gasteiger partial charge < -0.3 is 10.1 Å². The van der Waals surface area contributed by atoms with Crippen molar-refractivity contribution >= 4 is 0 Å². The van der Waals surface area contributed by atoms with E-state index in [0.717, 1.165) is 6.42 Å². The van der Waals surface area contributed by atoms with Gasteiger partial charge in [0.05, 0.1) is 12.5 Å². The monoisotopic (exact) mass is 239 g/mol. The van der Waals surface area contributed by atoms with E-state index in [0.29, 0.717) is 39.0 Å². The molecule has 1 N–H and O–H groups in total. The molecule has 0 amide bonds. The van der Waals surface area contributed by atoms with Crippen molar-refractivity contribution in [3.8, 4) is 0 Å². The molecule has 0 aromatic rings. The number of methoxy groups -OCH3 is 1. The average Bonchev–Trinajstić information content (AvgIpc) is 2.24. The summed E-state index contributed by atoms with van der Waals surface area (Å²) in [6, 6.07) is 0. The van der Waals surface area contributed by atoms with E-state index in [4.69, 9.17) is 4.74 Å². The highest BCUT2D eigenvalue weighted by molar-refractivity contribution is 4.81. The first-order valence-corrected chi connectivity index (χ1v) is 5.82. The number of hydrogen-bond acceptors (Lipinski definition) is 2. The summed E-state index contributed by atoms with van der Waals surface area (Å²) < 4.78 is 43.0. The quantitative estimate of drug-likeness (QED) is 0.745. The maximum atomic E-state index is 12.7. The zero-order valence-electron chi connectivity index (χ0n) is 9.65. The second-order valence-electron chi connectivity index (χ2n) is 4.39. The van der Waals surface area contributed by atoms with Crippen molar-refractivity contribution in [2.45, 2.75) is 31.9 Å². The van der Waals surface area contributed by atoms with Gasteiger partial charge in [0.1, 0.15) is 0 Å². The average molecular weight is 239 g/mol. The van der Waals surface area contributed by atoms with E-state index in [1.54, 1.807) is 7.11 Å². The molecular weight excluding hydrogens is 219 g/mol. The van der Waals surface area contributed by atoms with E-state index >= 15 is 0 Å². The van der Waals surface area contributed by atoms with Gasteiger partial charge in [-0.2, -0.15) is 13.2 Å². The van der Waals surface area contributed by atoms with Gasteiger partial charge >= 0.3 is 6.18 Å². The molecular formula is C11H20F3NO. The lowest BCUT2D eigenvalue weighted by Crippen LogP contribution is -2.39. The molecule has 0 saturated heterocycles. The van der Waals surface area contributed by atoms with Gasteiger partial charge in [-0.3, -0.25) is 0 Å². The van der Waals surface area contributed by atoms with Crippen LogP contribution < -0.4 is 5.32 Å². The normalized spacial score (nSPS) is 27.0. The predicted molar refractivity (Wildman–Crippen MR) is 56.2 cm³/mol. The summed E-state index contributed by atoms with van der Waals surface area (Å²) in [5.41, 5.74) is 0. The third kappa shape index (κ3) is 4.29. The van der Waals surface area contributed by atoms with Gasteiger partial charge in [-0.05, 0) is 25.3 Å². The van der Waals surface area contributed by atoms with Crippen molar-refractivity contribution in [2.75, 3.05) is 26.8 Å². The number of alkyl halides is 3. The fourth-order valence-corrected chi connectivity index (χ4v) is 2.34. The third-order valence-corrected chi connectivity index (χ3v) is 3.22. The Kier molecular flexibility index (Phi) is 5.55. The SMILES string of the molecule is COCCNCC1CCCCC1C(F)(F)F. The van der Waals surface area contributed by atoms with Gasteiger partial charge in [0, 0.05) is 13.7 Å². The summed E-state index contributed by atoms with van der Waals surface area (Å²) in [5, 5.41) is 3.03. The van der Waals surface area contributed by atoms with E-state index in [1.807, 2.05) is 0 Å². The number of halogens is 3. The molecule has 96 valence electrons. The summed E-state index contributed by atoms with van der Waals surface area (Å²) in [7, 11) is 1.58. The predicted octanol–water partition coefficient (Wildman–Crippen LogP) is 2.59. The fourth-order valence-electron chi connectivity index (χ4n) is 2.34. The van der Waals surface area contributed by atoms with Crippen molar-refractivity contribution in [1.29, 1.82) is 0 Å². The van der Waals surface area contributed by atoms with E-state index in [1.165, 1.54) is 0 Å². The molecule has 2 nitrogen and oxygen atoms in total. The Hall–Kier alpha value is -0.290. The Bertz CT molecular complexity index is 196. The summed E-state index contributed by atoms with van der Waals surface area (Å²) >= 11 is 0. The van der Waals surface area contributed by atoms with Gasteiger partial charge in [0.15, 0.2) is 0 Å². The summed E-state index contributed by atoms with van der Waals surface area (Å²) in [4.78, 5) is 0. The molecule has 2 unspecified atom stereocenters.